The first-order valence-electron chi connectivity index (χ1n) is 8.71. The lowest BCUT2D eigenvalue weighted by Crippen LogP contribution is -2.39. The maximum atomic E-state index is 13.0. The van der Waals surface area contributed by atoms with E-state index in [2.05, 4.69) is 0 Å². The van der Waals surface area contributed by atoms with Crippen molar-refractivity contribution in [2.75, 3.05) is 6.61 Å². The fourth-order valence-corrected chi connectivity index (χ4v) is 5.08. The molecule has 0 aliphatic carbocycles. The zero-order valence-electron chi connectivity index (χ0n) is 15.0. The van der Waals surface area contributed by atoms with E-state index in [-0.39, 0.29) is 6.61 Å². The molecule has 27 heavy (non-hydrogen) atoms. The second kappa shape index (κ2) is 6.42. The van der Waals surface area contributed by atoms with Gasteiger partial charge in [-0.1, -0.05) is 42.5 Å². The summed E-state index contributed by atoms with van der Waals surface area (Å²) in [5, 5.41) is 0. The Kier molecular flexibility index (Phi) is 4.19. The molecule has 7 heteroatoms. The molecule has 140 valence electrons. The second-order valence-electron chi connectivity index (χ2n) is 6.47. The number of rotatable bonds is 3. The van der Waals surface area contributed by atoms with Gasteiger partial charge in [-0.25, -0.2) is 4.31 Å². The van der Waals surface area contributed by atoms with Gasteiger partial charge in [-0.3, -0.25) is 4.79 Å². The maximum absolute atomic E-state index is 13.0. The van der Waals surface area contributed by atoms with E-state index in [1.807, 2.05) is 24.3 Å². The SMILES string of the molecule is CCOC(=O)[C@@H]1C=C2c3cccc(C)c3OS(=O)(=O)N2[C@H]1c1ccccc1. The molecule has 0 radical (unpaired) electrons. The van der Waals surface area contributed by atoms with Crippen molar-refractivity contribution in [3.63, 3.8) is 0 Å². The van der Waals surface area contributed by atoms with Crippen molar-refractivity contribution >= 4 is 22.0 Å². The van der Waals surface area contributed by atoms with Crippen molar-refractivity contribution in [1.82, 2.24) is 4.31 Å². The Bertz CT molecular complexity index is 1030. The lowest BCUT2D eigenvalue weighted by atomic mass is 9.95. The highest BCUT2D eigenvalue weighted by atomic mass is 32.2. The van der Waals surface area contributed by atoms with Gasteiger partial charge in [0.15, 0.2) is 5.75 Å². The summed E-state index contributed by atoms with van der Waals surface area (Å²) in [7, 11) is -4.12. The van der Waals surface area contributed by atoms with Gasteiger partial charge in [0.05, 0.1) is 18.3 Å². The number of para-hydroxylation sites is 1. The summed E-state index contributed by atoms with van der Waals surface area (Å²) in [5.74, 6) is -0.916. The average Bonchev–Trinajstić information content (AvgIpc) is 3.06. The van der Waals surface area contributed by atoms with Crippen LogP contribution in [0.15, 0.2) is 54.6 Å². The lowest BCUT2D eigenvalue weighted by Gasteiger charge is -2.34. The molecule has 0 saturated carbocycles. The topological polar surface area (TPSA) is 72.9 Å². The predicted octanol–water partition coefficient (Wildman–Crippen LogP) is 3.21. The van der Waals surface area contributed by atoms with E-state index in [0.717, 1.165) is 0 Å². The van der Waals surface area contributed by atoms with Gasteiger partial charge in [0, 0.05) is 5.56 Å². The van der Waals surface area contributed by atoms with Gasteiger partial charge >= 0.3 is 16.3 Å². The van der Waals surface area contributed by atoms with Crippen molar-refractivity contribution in [1.29, 1.82) is 0 Å². The number of nitrogens with zero attached hydrogens (tertiary/aromatic N) is 1. The molecule has 0 unspecified atom stereocenters. The molecular formula is C20H19NO5S. The van der Waals surface area contributed by atoms with Crippen LogP contribution in [0, 0.1) is 12.8 Å². The largest absolute Gasteiger partial charge is 0.465 e. The standard InChI is InChI=1S/C20H19NO5S/c1-3-25-20(22)16-12-17-15-11-7-8-13(2)19(15)26-27(23,24)21(17)18(16)14-9-5-4-6-10-14/h4-12,16,18H,3H2,1-2H3/t16-,18+/m1/s1. The molecule has 0 bridgehead atoms. The number of carbonyl (C=O) groups is 1. The summed E-state index contributed by atoms with van der Waals surface area (Å²) in [5.41, 5.74) is 2.52. The Morgan fingerprint density at radius 2 is 1.89 bits per heavy atom. The zero-order valence-corrected chi connectivity index (χ0v) is 15.8. The number of fused-ring (bicyclic) bond motifs is 3. The smallest absolute Gasteiger partial charge is 0.410 e. The first kappa shape index (κ1) is 17.6. The Morgan fingerprint density at radius 1 is 1.15 bits per heavy atom. The summed E-state index contributed by atoms with van der Waals surface area (Å²) in [6.07, 6.45) is 1.67. The molecule has 0 amide bonds. The van der Waals surface area contributed by atoms with Crippen LogP contribution in [0.1, 0.15) is 29.7 Å². The number of ether oxygens (including phenoxy) is 1. The van der Waals surface area contributed by atoms with Crippen LogP contribution in [-0.4, -0.2) is 25.3 Å². The molecule has 0 aromatic heterocycles. The Morgan fingerprint density at radius 3 is 2.59 bits per heavy atom. The van der Waals surface area contributed by atoms with E-state index in [1.165, 1.54) is 4.31 Å². The molecular weight excluding hydrogens is 366 g/mol. The number of benzene rings is 2. The van der Waals surface area contributed by atoms with Gasteiger partial charge in [0.25, 0.3) is 0 Å². The number of aryl methyl sites for hydroxylation is 1. The fourth-order valence-electron chi connectivity index (χ4n) is 3.64. The summed E-state index contributed by atoms with van der Waals surface area (Å²) >= 11 is 0. The summed E-state index contributed by atoms with van der Waals surface area (Å²) in [6.45, 7) is 3.74. The molecule has 0 spiro atoms. The van der Waals surface area contributed by atoms with Crippen molar-refractivity contribution < 1.29 is 22.1 Å². The average molecular weight is 385 g/mol. The van der Waals surface area contributed by atoms with Crippen LogP contribution in [0.2, 0.25) is 0 Å². The summed E-state index contributed by atoms with van der Waals surface area (Å²) in [4.78, 5) is 12.6. The molecule has 2 aliphatic rings. The first-order valence-corrected chi connectivity index (χ1v) is 10.1. The number of carbonyl (C=O) groups excluding carboxylic acids is 1. The molecule has 0 fully saturated rings. The highest BCUT2D eigenvalue weighted by molar-refractivity contribution is 7.85. The highest BCUT2D eigenvalue weighted by Gasteiger charge is 2.50. The van der Waals surface area contributed by atoms with Crippen LogP contribution in [0.3, 0.4) is 0 Å². The minimum absolute atomic E-state index is 0.221. The summed E-state index contributed by atoms with van der Waals surface area (Å²) < 4.78 is 37.8. The third-order valence-electron chi connectivity index (χ3n) is 4.78. The molecule has 0 N–H and O–H groups in total. The normalized spacial score (nSPS) is 22.3. The van der Waals surface area contributed by atoms with E-state index in [4.69, 9.17) is 8.92 Å². The van der Waals surface area contributed by atoms with Crippen molar-refractivity contribution in [2.24, 2.45) is 5.92 Å². The third-order valence-corrected chi connectivity index (χ3v) is 6.07. The van der Waals surface area contributed by atoms with Crippen LogP contribution in [0.4, 0.5) is 0 Å². The second-order valence-corrected chi connectivity index (χ2v) is 7.89. The number of hydrogen-bond acceptors (Lipinski definition) is 5. The van der Waals surface area contributed by atoms with E-state index < -0.39 is 28.2 Å². The number of esters is 1. The minimum atomic E-state index is -4.12. The Balaban J connectivity index is 1.93. The molecule has 2 aliphatic heterocycles. The summed E-state index contributed by atoms with van der Waals surface area (Å²) in [6, 6.07) is 13.7. The van der Waals surface area contributed by atoms with Gasteiger partial charge < -0.3 is 8.92 Å². The quantitative estimate of drug-likeness (QED) is 0.759. The molecule has 0 saturated heterocycles. The fraction of sp³-hybridized carbons (Fsp3) is 0.250. The van der Waals surface area contributed by atoms with Gasteiger partial charge in [0.2, 0.25) is 0 Å². The Hall–Kier alpha value is -2.80. The van der Waals surface area contributed by atoms with Gasteiger partial charge in [-0.15, -0.1) is 0 Å². The molecule has 4 rings (SSSR count). The lowest BCUT2D eigenvalue weighted by molar-refractivity contribution is -0.147. The first-order chi connectivity index (χ1) is 12.9. The molecule has 2 heterocycles. The third kappa shape index (κ3) is 2.78. The van der Waals surface area contributed by atoms with Crippen LogP contribution in [0.25, 0.3) is 5.70 Å². The van der Waals surface area contributed by atoms with E-state index in [0.29, 0.717) is 28.1 Å². The van der Waals surface area contributed by atoms with Crippen molar-refractivity contribution in [2.45, 2.75) is 19.9 Å². The van der Waals surface area contributed by atoms with Gasteiger partial charge in [-0.2, -0.15) is 8.42 Å². The van der Waals surface area contributed by atoms with Crippen LogP contribution in [0.5, 0.6) is 5.75 Å². The van der Waals surface area contributed by atoms with E-state index in [9.17, 15) is 13.2 Å². The molecule has 2 atom stereocenters. The minimum Gasteiger partial charge on any atom is -0.465 e. The Labute approximate surface area is 158 Å². The van der Waals surface area contributed by atoms with Gasteiger partial charge in [-0.05, 0) is 37.1 Å². The van der Waals surface area contributed by atoms with Crippen molar-refractivity contribution in [3.8, 4) is 5.75 Å². The van der Waals surface area contributed by atoms with E-state index >= 15 is 0 Å². The van der Waals surface area contributed by atoms with Crippen LogP contribution in [-0.2, 0) is 19.8 Å². The number of hydrogen-bond donors (Lipinski definition) is 0. The van der Waals surface area contributed by atoms with Gasteiger partial charge in [0.1, 0.15) is 5.92 Å². The molecule has 2 aromatic rings. The molecule has 2 aromatic carbocycles. The highest BCUT2D eigenvalue weighted by Crippen LogP contribution is 2.51. The maximum Gasteiger partial charge on any atom is 0.410 e. The van der Waals surface area contributed by atoms with Crippen LogP contribution >= 0.6 is 0 Å². The van der Waals surface area contributed by atoms with Crippen LogP contribution < -0.4 is 4.18 Å². The molecule has 6 nitrogen and oxygen atoms in total. The zero-order chi connectivity index (χ0) is 19.2. The van der Waals surface area contributed by atoms with E-state index in [1.54, 1.807) is 44.2 Å². The van der Waals surface area contributed by atoms with Crippen molar-refractivity contribution in [3.05, 3.63) is 71.3 Å². The predicted molar refractivity (Wildman–Crippen MR) is 99.8 cm³/mol. The monoisotopic (exact) mass is 385 g/mol.